The van der Waals surface area contributed by atoms with Gasteiger partial charge < -0.3 is 4.55 Å². The standard InChI is InChI=1S/C15H16N4OS/c1-21(20)15-16-8-10-6-7-11-9-17-19(12-4-2-3-5-12)14(11)13(10)18-15/h6-9,12H,2-5H2,1H3. The van der Waals surface area contributed by atoms with Crippen molar-refractivity contribution in [1.82, 2.24) is 19.7 Å². The Morgan fingerprint density at radius 3 is 2.71 bits per heavy atom. The topological polar surface area (TPSA) is 66.7 Å². The van der Waals surface area contributed by atoms with Crippen molar-refractivity contribution in [2.45, 2.75) is 36.9 Å². The van der Waals surface area contributed by atoms with Crippen molar-refractivity contribution in [3.05, 3.63) is 24.5 Å². The molecule has 0 N–H and O–H groups in total. The Morgan fingerprint density at radius 1 is 1.19 bits per heavy atom. The summed E-state index contributed by atoms with van der Waals surface area (Å²) in [5.41, 5.74) is 1.91. The molecule has 0 radical (unpaired) electrons. The van der Waals surface area contributed by atoms with Gasteiger partial charge >= 0.3 is 5.16 Å². The molecule has 3 aromatic rings. The SMILES string of the molecule is C[S+]([O-])c1ncc2ccc3cnn(C4CCCC4)c3c2n1. The van der Waals surface area contributed by atoms with E-state index in [1.165, 1.54) is 25.7 Å². The molecule has 1 aliphatic rings. The maximum atomic E-state index is 11.7. The fraction of sp³-hybridized carbons (Fsp3) is 0.400. The molecule has 108 valence electrons. The first-order chi connectivity index (χ1) is 10.2. The second kappa shape index (κ2) is 4.96. The second-order valence-electron chi connectivity index (χ2n) is 5.58. The summed E-state index contributed by atoms with van der Waals surface area (Å²) in [5, 5.41) is 7.02. The largest absolute Gasteiger partial charge is 0.609 e. The van der Waals surface area contributed by atoms with Gasteiger partial charge in [0.15, 0.2) is 0 Å². The van der Waals surface area contributed by atoms with Gasteiger partial charge in [-0.3, -0.25) is 4.68 Å². The summed E-state index contributed by atoms with van der Waals surface area (Å²) in [6.45, 7) is 0. The number of rotatable bonds is 2. The van der Waals surface area contributed by atoms with E-state index in [2.05, 4.69) is 25.8 Å². The molecule has 1 aliphatic carbocycles. The third kappa shape index (κ3) is 2.10. The fourth-order valence-electron chi connectivity index (χ4n) is 3.17. The smallest absolute Gasteiger partial charge is 0.343 e. The lowest BCUT2D eigenvalue weighted by molar-refractivity contribution is 0.482. The lowest BCUT2D eigenvalue weighted by Crippen LogP contribution is -2.08. The van der Waals surface area contributed by atoms with Crippen LogP contribution < -0.4 is 0 Å². The monoisotopic (exact) mass is 300 g/mol. The van der Waals surface area contributed by atoms with Crippen molar-refractivity contribution >= 4 is 33.0 Å². The summed E-state index contributed by atoms with van der Waals surface area (Å²) in [6, 6.07) is 4.52. The van der Waals surface area contributed by atoms with E-state index in [1.807, 2.05) is 12.3 Å². The predicted molar refractivity (Wildman–Crippen MR) is 82.7 cm³/mol. The number of fused-ring (bicyclic) bond motifs is 3. The highest BCUT2D eigenvalue weighted by molar-refractivity contribution is 7.90. The van der Waals surface area contributed by atoms with Crippen LogP contribution in [0.2, 0.25) is 0 Å². The van der Waals surface area contributed by atoms with Crippen molar-refractivity contribution in [1.29, 1.82) is 0 Å². The first-order valence-corrected chi connectivity index (χ1v) is 8.76. The molecular formula is C15H16N4OS. The molecule has 0 saturated heterocycles. The zero-order chi connectivity index (χ0) is 14.4. The zero-order valence-corrected chi connectivity index (χ0v) is 12.6. The Morgan fingerprint density at radius 2 is 1.95 bits per heavy atom. The van der Waals surface area contributed by atoms with Crippen LogP contribution in [0.1, 0.15) is 31.7 Å². The third-order valence-electron chi connectivity index (χ3n) is 4.21. The molecule has 1 atom stereocenters. The van der Waals surface area contributed by atoms with Gasteiger partial charge in [-0.15, -0.1) is 0 Å². The predicted octanol–water partition coefficient (Wildman–Crippen LogP) is 2.83. The van der Waals surface area contributed by atoms with E-state index < -0.39 is 11.2 Å². The molecular weight excluding hydrogens is 284 g/mol. The molecule has 0 spiro atoms. The summed E-state index contributed by atoms with van der Waals surface area (Å²) in [5.74, 6) is 0. The van der Waals surface area contributed by atoms with Crippen molar-refractivity contribution in [3.63, 3.8) is 0 Å². The van der Waals surface area contributed by atoms with Crippen LogP contribution in [0.25, 0.3) is 21.8 Å². The lowest BCUT2D eigenvalue weighted by Gasteiger charge is -2.12. The van der Waals surface area contributed by atoms with Crippen LogP contribution in [0.3, 0.4) is 0 Å². The van der Waals surface area contributed by atoms with Crippen molar-refractivity contribution in [2.75, 3.05) is 6.26 Å². The maximum Gasteiger partial charge on any atom is 0.343 e. The Balaban J connectivity index is 2.01. The summed E-state index contributed by atoms with van der Waals surface area (Å²) in [7, 11) is 0. The molecule has 1 fully saturated rings. The van der Waals surface area contributed by atoms with Gasteiger partial charge in [0.05, 0.1) is 17.8 Å². The molecule has 1 aromatic carbocycles. The van der Waals surface area contributed by atoms with Gasteiger partial charge in [0.1, 0.15) is 11.8 Å². The van der Waals surface area contributed by atoms with Crippen LogP contribution in [0.4, 0.5) is 0 Å². The number of aromatic nitrogens is 4. The molecule has 5 nitrogen and oxygen atoms in total. The van der Waals surface area contributed by atoms with Crippen molar-refractivity contribution < 1.29 is 4.55 Å². The van der Waals surface area contributed by atoms with Crippen LogP contribution in [-0.2, 0) is 11.2 Å². The Kier molecular flexibility index (Phi) is 3.08. The Labute approximate surface area is 125 Å². The minimum Gasteiger partial charge on any atom is -0.609 e. The second-order valence-corrected chi connectivity index (χ2v) is 6.85. The van der Waals surface area contributed by atoms with Gasteiger partial charge in [-0.25, -0.2) is 0 Å². The molecule has 2 aromatic heterocycles. The maximum absolute atomic E-state index is 11.7. The van der Waals surface area contributed by atoms with Crippen LogP contribution in [0.5, 0.6) is 0 Å². The molecule has 0 amide bonds. The van der Waals surface area contributed by atoms with Crippen LogP contribution in [0, 0.1) is 0 Å². The highest BCUT2D eigenvalue weighted by Crippen LogP contribution is 2.33. The average Bonchev–Trinajstić information content (AvgIpc) is 3.15. The number of hydrogen-bond acceptors (Lipinski definition) is 4. The van der Waals surface area contributed by atoms with Crippen LogP contribution >= 0.6 is 0 Å². The zero-order valence-electron chi connectivity index (χ0n) is 11.8. The lowest BCUT2D eigenvalue weighted by atomic mass is 10.1. The molecule has 6 heteroatoms. The highest BCUT2D eigenvalue weighted by Gasteiger charge is 2.21. The van der Waals surface area contributed by atoms with Crippen LogP contribution in [-0.4, -0.2) is 30.6 Å². The quantitative estimate of drug-likeness (QED) is 0.539. The highest BCUT2D eigenvalue weighted by atomic mass is 32.2. The van der Waals surface area contributed by atoms with Gasteiger partial charge in [-0.2, -0.15) is 15.1 Å². The van der Waals surface area contributed by atoms with Gasteiger partial charge in [0.2, 0.25) is 0 Å². The normalized spacial score (nSPS) is 17.8. The van der Waals surface area contributed by atoms with E-state index >= 15 is 0 Å². The number of benzene rings is 1. The van der Waals surface area contributed by atoms with Gasteiger partial charge in [0.25, 0.3) is 0 Å². The first-order valence-electron chi connectivity index (χ1n) is 7.20. The van der Waals surface area contributed by atoms with E-state index in [0.717, 1.165) is 21.8 Å². The van der Waals surface area contributed by atoms with E-state index in [4.69, 9.17) is 0 Å². The molecule has 21 heavy (non-hydrogen) atoms. The third-order valence-corrected chi connectivity index (χ3v) is 4.92. The summed E-state index contributed by atoms with van der Waals surface area (Å²) in [6.07, 6.45) is 10.1. The molecule has 2 heterocycles. The summed E-state index contributed by atoms with van der Waals surface area (Å²) < 4.78 is 13.8. The summed E-state index contributed by atoms with van der Waals surface area (Å²) in [4.78, 5) is 8.72. The Bertz CT molecular complexity index is 808. The number of hydrogen-bond donors (Lipinski definition) is 0. The molecule has 0 bridgehead atoms. The molecule has 1 unspecified atom stereocenters. The first kappa shape index (κ1) is 13.0. The van der Waals surface area contributed by atoms with E-state index in [-0.39, 0.29) is 0 Å². The molecule has 1 saturated carbocycles. The van der Waals surface area contributed by atoms with Gasteiger partial charge in [-0.05, 0) is 12.8 Å². The van der Waals surface area contributed by atoms with Crippen molar-refractivity contribution in [2.24, 2.45) is 0 Å². The van der Waals surface area contributed by atoms with Gasteiger partial charge in [-0.1, -0.05) is 25.0 Å². The average molecular weight is 300 g/mol. The fourth-order valence-corrected chi connectivity index (χ4v) is 3.59. The minimum absolute atomic E-state index is 0.383. The molecule has 0 aliphatic heterocycles. The minimum atomic E-state index is -1.18. The van der Waals surface area contributed by atoms with E-state index in [0.29, 0.717) is 11.2 Å². The summed E-state index contributed by atoms with van der Waals surface area (Å²) >= 11 is -1.18. The Hall–Kier alpha value is -1.66. The van der Waals surface area contributed by atoms with Crippen molar-refractivity contribution in [3.8, 4) is 0 Å². The van der Waals surface area contributed by atoms with Gasteiger partial charge in [0, 0.05) is 28.1 Å². The van der Waals surface area contributed by atoms with E-state index in [9.17, 15) is 4.55 Å². The van der Waals surface area contributed by atoms with E-state index in [1.54, 1.807) is 12.5 Å². The van der Waals surface area contributed by atoms with Crippen LogP contribution in [0.15, 0.2) is 29.7 Å². The number of nitrogens with zero attached hydrogens (tertiary/aromatic N) is 4. The molecule has 4 rings (SSSR count).